The van der Waals surface area contributed by atoms with E-state index in [-0.39, 0.29) is 6.61 Å². The Morgan fingerprint density at radius 1 is 1.30 bits per heavy atom. The number of ether oxygens (including phenoxy) is 1. The van der Waals surface area contributed by atoms with Crippen molar-refractivity contribution in [2.24, 2.45) is 7.05 Å². The fourth-order valence-corrected chi connectivity index (χ4v) is 3.62. The van der Waals surface area contributed by atoms with Crippen LogP contribution in [0.3, 0.4) is 0 Å². The molecule has 4 heterocycles. The van der Waals surface area contributed by atoms with Crippen LogP contribution in [0, 0.1) is 0 Å². The summed E-state index contributed by atoms with van der Waals surface area (Å²) in [4.78, 5) is 8.94. The fourth-order valence-electron chi connectivity index (χ4n) is 3.45. The molecule has 3 aromatic heterocycles. The lowest BCUT2D eigenvalue weighted by Crippen LogP contribution is -2.00. The molecule has 4 aromatic rings. The maximum absolute atomic E-state index is 6.26. The van der Waals surface area contributed by atoms with Gasteiger partial charge in [0.2, 0.25) is 0 Å². The summed E-state index contributed by atoms with van der Waals surface area (Å²) in [6.07, 6.45) is 4.41. The molecule has 0 spiro atoms. The first-order valence-corrected chi connectivity index (χ1v) is 8.72. The topological polar surface area (TPSA) is 83.8 Å². The average Bonchev–Trinajstić information content (AvgIpc) is 3.33. The van der Waals surface area contributed by atoms with Crippen LogP contribution in [-0.4, -0.2) is 36.6 Å². The number of aryl methyl sites for hydroxylation is 1. The van der Waals surface area contributed by atoms with Gasteiger partial charge in [0.25, 0.3) is 5.89 Å². The van der Waals surface area contributed by atoms with Crippen molar-refractivity contribution in [1.29, 1.82) is 0 Å². The largest absolute Gasteiger partial charge is 0.377 e. The van der Waals surface area contributed by atoms with Crippen LogP contribution in [0.1, 0.15) is 17.1 Å². The van der Waals surface area contributed by atoms with E-state index in [1.807, 2.05) is 40.7 Å². The van der Waals surface area contributed by atoms with Gasteiger partial charge in [-0.1, -0.05) is 16.8 Å². The molecule has 8 nitrogen and oxygen atoms in total. The van der Waals surface area contributed by atoms with Crippen LogP contribution in [0.4, 0.5) is 0 Å². The highest BCUT2D eigenvalue weighted by Gasteiger charge is 2.27. The zero-order valence-electron chi connectivity index (χ0n) is 14.7. The zero-order chi connectivity index (χ0) is 18.5. The number of halogens is 1. The van der Waals surface area contributed by atoms with Crippen LogP contribution in [0.5, 0.6) is 0 Å². The third-order valence-electron chi connectivity index (χ3n) is 4.55. The van der Waals surface area contributed by atoms with E-state index in [4.69, 9.17) is 20.9 Å². The molecule has 0 saturated carbocycles. The number of rotatable bonds is 3. The minimum absolute atomic E-state index is 0.285. The fraction of sp³-hybridized carbons (Fsp3) is 0.222. The smallest absolute Gasteiger partial charge is 0.278 e. The summed E-state index contributed by atoms with van der Waals surface area (Å²) in [5.41, 5.74) is 5.53. The van der Waals surface area contributed by atoms with Crippen molar-refractivity contribution in [3.8, 4) is 28.5 Å². The van der Waals surface area contributed by atoms with E-state index in [9.17, 15) is 0 Å². The van der Waals surface area contributed by atoms with Crippen LogP contribution < -0.4 is 0 Å². The van der Waals surface area contributed by atoms with Gasteiger partial charge in [-0.15, -0.1) is 0 Å². The second-order valence-electron chi connectivity index (χ2n) is 6.37. The Morgan fingerprint density at radius 2 is 2.19 bits per heavy atom. The van der Waals surface area contributed by atoms with Crippen molar-refractivity contribution in [2.45, 2.75) is 13.0 Å². The third kappa shape index (κ3) is 2.56. The van der Waals surface area contributed by atoms with E-state index in [2.05, 4.69) is 20.2 Å². The predicted octanol–water partition coefficient (Wildman–Crippen LogP) is 3.03. The maximum Gasteiger partial charge on any atom is 0.278 e. The van der Waals surface area contributed by atoms with E-state index in [0.717, 1.165) is 28.2 Å². The molecule has 27 heavy (non-hydrogen) atoms. The van der Waals surface area contributed by atoms with Gasteiger partial charge in [0.05, 0.1) is 17.1 Å². The van der Waals surface area contributed by atoms with Crippen molar-refractivity contribution in [3.63, 3.8) is 0 Å². The van der Waals surface area contributed by atoms with Crippen LogP contribution in [-0.2, 0) is 24.8 Å². The van der Waals surface area contributed by atoms with Gasteiger partial charge in [-0.25, -0.2) is 4.98 Å². The van der Waals surface area contributed by atoms with Crippen LogP contribution in [0.2, 0.25) is 5.02 Å². The Hall–Kier alpha value is -2.97. The van der Waals surface area contributed by atoms with E-state index in [1.54, 1.807) is 13.4 Å². The molecule has 0 unspecified atom stereocenters. The molecule has 0 amide bonds. The SMILES string of the molecule is COCc1noc(-c2ncn3c2Cc2cn(C)nc2-c2cc(Cl)ccc2-3)n1. The number of hydrogen-bond donors (Lipinski definition) is 0. The zero-order valence-corrected chi connectivity index (χ0v) is 15.4. The van der Waals surface area contributed by atoms with Crippen LogP contribution in [0.15, 0.2) is 35.2 Å². The Kier molecular flexibility index (Phi) is 3.63. The highest BCUT2D eigenvalue weighted by atomic mass is 35.5. The Labute approximate surface area is 159 Å². The number of benzene rings is 1. The van der Waals surface area contributed by atoms with Crippen molar-refractivity contribution in [3.05, 3.63) is 52.8 Å². The molecule has 0 bridgehead atoms. The number of methoxy groups -OCH3 is 1. The predicted molar refractivity (Wildman–Crippen MR) is 97.6 cm³/mol. The lowest BCUT2D eigenvalue weighted by molar-refractivity contribution is 0.174. The summed E-state index contributed by atoms with van der Waals surface area (Å²) >= 11 is 6.26. The second kappa shape index (κ2) is 6.04. The molecule has 1 aliphatic rings. The summed E-state index contributed by atoms with van der Waals surface area (Å²) < 4.78 is 14.3. The summed E-state index contributed by atoms with van der Waals surface area (Å²) in [7, 11) is 3.50. The maximum atomic E-state index is 6.26. The van der Waals surface area contributed by atoms with E-state index in [1.165, 1.54) is 0 Å². The minimum atomic E-state index is 0.285. The number of aromatic nitrogens is 6. The third-order valence-corrected chi connectivity index (χ3v) is 4.78. The van der Waals surface area contributed by atoms with Crippen molar-refractivity contribution in [1.82, 2.24) is 29.5 Å². The monoisotopic (exact) mass is 382 g/mol. The van der Waals surface area contributed by atoms with E-state index < -0.39 is 0 Å². The van der Waals surface area contributed by atoms with E-state index in [0.29, 0.717) is 28.9 Å². The summed E-state index contributed by atoms with van der Waals surface area (Å²) in [5.74, 6) is 0.857. The van der Waals surface area contributed by atoms with Gasteiger partial charge < -0.3 is 13.8 Å². The highest BCUT2D eigenvalue weighted by Crippen LogP contribution is 2.38. The lowest BCUT2D eigenvalue weighted by Gasteiger charge is -2.09. The second-order valence-corrected chi connectivity index (χ2v) is 6.81. The van der Waals surface area contributed by atoms with Crippen LogP contribution >= 0.6 is 11.6 Å². The first kappa shape index (κ1) is 16.2. The van der Waals surface area contributed by atoms with Gasteiger partial charge in [-0.05, 0) is 18.2 Å². The summed E-state index contributed by atoms with van der Waals surface area (Å²) in [5, 5.41) is 9.25. The molecule has 0 fully saturated rings. The summed E-state index contributed by atoms with van der Waals surface area (Å²) in [6, 6.07) is 5.77. The van der Waals surface area contributed by atoms with Gasteiger partial charge in [0, 0.05) is 42.9 Å². The Bertz CT molecular complexity index is 1160. The number of nitrogens with zero attached hydrogens (tertiary/aromatic N) is 6. The van der Waals surface area contributed by atoms with E-state index >= 15 is 0 Å². The molecule has 1 aromatic carbocycles. The van der Waals surface area contributed by atoms with Gasteiger partial charge in [-0.3, -0.25) is 4.68 Å². The molecule has 5 rings (SSSR count). The number of fused-ring (bicyclic) bond motifs is 5. The van der Waals surface area contributed by atoms with Crippen LogP contribution in [0.25, 0.3) is 28.5 Å². The molecule has 0 aliphatic carbocycles. The van der Waals surface area contributed by atoms with Crippen molar-refractivity contribution < 1.29 is 9.26 Å². The molecule has 9 heteroatoms. The molecule has 0 saturated heterocycles. The van der Waals surface area contributed by atoms with Gasteiger partial charge in [0.15, 0.2) is 11.5 Å². The summed E-state index contributed by atoms with van der Waals surface area (Å²) in [6.45, 7) is 0.285. The first-order valence-electron chi connectivity index (χ1n) is 8.35. The normalized spacial score (nSPS) is 12.4. The quantitative estimate of drug-likeness (QED) is 0.477. The Balaban J connectivity index is 1.72. The van der Waals surface area contributed by atoms with Gasteiger partial charge in [-0.2, -0.15) is 10.1 Å². The van der Waals surface area contributed by atoms with Crippen molar-refractivity contribution in [2.75, 3.05) is 7.11 Å². The van der Waals surface area contributed by atoms with Crippen molar-refractivity contribution >= 4 is 11.6 Å². The average molecular weight is 383 g/mol. The number of hydrogen-bond acceptors (Lipinski definition) is 6. The Morgan fingerprint density at radius 3 is 3.04 bits per heavy atom. The highest BCUT2D eigenvalue weighted by molar-refractivity contribution is 6.31. The molecule has 136 valence electrons. The van der Waals surface area contributed by atoms with Gasteiger partial charge in [0.1, 0.15) is 12.9 Å². The minimum Gasteiger partial charge on any atom is -0.377 e. The molecule has 0 N–H and O–H groups in total. The molecule has 1 aliphatic heterocycles. The molecular weight excluding hydrogens is 368 g/mol. The standard InChI is InChI=1S/C18H15ClN6O2/c1-24-7-10-5-14-17(18-21-15(8-26-2)23-27-18)20-9-25(14)13-4-3-11(19)6-12(13)16(10)22-24/h3-4,6-7,9H,5,8H2,1-2H3. The molecular formula is C18H15ClN6O2. The van der Waals surface area contributed by atoms with Gasteiger partial charge >= 0.3 is 0 Å². The molecule has 0 radical (unpaired) electrons. The molecule has 0 atom stereocenters. The first-order chi connectivity index (χ1) is 13.1. The lowest BCUT2D eigenvalue weighted by atomic mass is 10.0. The number of imidazole rings is 1.